The normalized spacial score (nSPS) is 11.9. The summed E-state index contributed by atoms with van der Waals surface area (Å²) in [7, 11) is 1.61. The largest absolute Gasteiger partial charge is 0.497 e. The van der Waals surface area contributed by atoms with Crippen LogP contribution in [-0.4, -0.2) is 25.6 Å². The Morgan fingerprint density at radius 3 is 2.45 bits per heavy atom. The predicted octanol–water partition coefficient (Wildman–Crippen LogP) is 2.37. The summed E-state index contributed by atoms with van der Waals surface area (Å²) in [6, 6.07) is 11.2. The van der Waals surface area contributed by atoms with Crippen molar-refractivity contribution in [3.8, 4) is 5.75 Å². The second-order valence-electron chi connectivity index (χ2n) is 4.95. The van der Waals surface area contributed by atoms with Gasteiger partial charge in [-0.05, 0) is 35.4 Å². The van der Waals surface area contributed by atoms with Crippen LogP contribution in [0.3, 0.4) is 0 Å². The highest BCUT2D eigenvalue weighted by Gasteiger charge is 2.24. The summed E-state index contributed by atoms with van der Waals surface area (Å²) >= 11 is 0. The minimum atomic E-state index is -0.677. The molecule has 0 saturated carbocycles. The number of methoxy groups -OCH3 is 1. The van der Waals surface area contributed by atoms with Crippen molar-refractivity contribution in [1.82, 2.24) is 0 Å². The molecular weight excluding hydrogens is 282 g/mol. The third-order valence-corrected chi connectivity index (χ3v) is 3.45. The van der Waals surface area contributed by atoms with E-state index in [0.717, 1.165) is 22.1 Å². The molecule has 2 rings (SSSR count). The zero-order valence-electron chi connectivity index (χ0n) is 12.7. The number of nitrogens with two attached hydrogens (primary N) is 1. The first-order chi connectivity index (χ1) is 10.5. The Hall–Kier alpha value is -2.56. The van der Waals surface area contributed by atoms with Crippen molar-refractivity contribution in [3.63, 3.8) is 0 Å². The van der Waals surface area contributed by atoms with E-state index in [0.29, 0.717) is 0 Å². The van der Waals surface area contributed by atoms with Crippen LogP contribution in [0.2, 0.25) is 0 Å². The summed E-state index contributed by atoms with van der Waals surface area (Å²) in [5.41, 5.74) is 5.97. The molecule has 0 fully saturated rings. The molecule has 0 saturated heterocycles. The van der Waals surface area contributed by atoms with Gasteiger partial charge in [0, 0.05) is 6.42 Å². The standard InChI is InChI=1S/C17H19NO4/c1-3-22-17(20)15(10-16(18)19)13-5-4-12-9-14(21-2)7-6-11(12)8-13/h4-9,15H,3,10H2,1-2H3,(H2,18,19). The highest BCUT2D eigenvalue weighted by atomic mass is 16.5. The SMILES string of the molecule is CCOC(=O)C(CC(N)=O)c1ccc2cc(OC)ccc2c1. The molecule has 0 spiro atoms. The van der Waals surface area contributed by atoms with Crippen molar-refractivity contribution in [2.24, 2.45) is 5.73 Å². The second kappa shape index (κ2) is 6.93. The van der Waals surface area contributed by atoms with Crippen molar-refractivity contribution in [1.29, 1.82) is 0 Å². The van der Waals surface area contributed by atoms with E-state index in [9.17, 15) is 9.59 Å². The Balaban J connectivity index is 2.40. The molecule has 0 aliphatic carbocycles. The monoisotopic (exact) mass is 301 g/mol. The number of ether oxygens (including phenoxy) is 2. The number of esters is 1. The number of hydrogen-bond donors (Lipinski definition) is 1. The molecule has 22 heavy (non-hydrogen) atoms. The molecule has 0 aromatic heterocycles. The van der Waals surface area contributed by atoms with Crippen LogP contribution in [0.5, 0.6) is 5.75 Å². The van der Waals surface area contributed by atoms with Gasteiger partial charge >= 0.3 is 5.97 Å². The van der Waals surface area contributed by atoms with E-state index in [1.54, 1.807) is 14.0 Å². The molecule has 2 aromatic carbocycles. The Morgan fingerprint density at radius 2 is 1.82 bits per heavy atom. The molecule has 1 unspecified atom stereocenters. The number of benzene rings is 2. The third kappa shape index (κ3) is 3.55. The smallest absolute Gasteiger partial charge is 0.313 e. The summed E-state index contributed by atoms with van der Waals surface area (Å²) in [6.45, 7) is 1.99. The fraction of sp³-hybridized carbons (Fsp3) is 0.294. The topological polar surface area (TPSA) is 78.6 Å². The molecule has 0 radical (unpaired) electrons. The van der Waals surface area contributed by atoms with Crippen molar-refractivity contribution < 1.29 is 19.1 Å². The number of amides is 1. The van der Waals surface area contributed by atoms with Gasteiger partial charge in [0.05, 0.1) is 19.6 Å². The molecule has 2 N–H and O–H groups in total. The first kappa shape index (κ1) is 15.8. The number of rotatable bonds is 6. The van der Waals surface area contributed by atoms with Gasteiger partial charge < -0.3 is 15.2 Å². The molecule has 1 amide bonds. The lowest BCUT2D eigenvalue weighted by Gasteiger charge is -2.15. The Bertz CT molecular complexity index is 696. The van der Waals surface area contributed by atoms with Gasteiger partial charge in [0.1, 0.15) is 5.75 Å². The number of fused-ring (bicyclic) bond motifs is 1. The fourth-order valence-corrected chi connectivity index (χ4v) is 2.37. The summed E-state index contributed by atoms with van der Waals surface area (Å²) < 4.78 is 10.2. The Morgan fingerprint density at radius 1 is 1.14 bits per heavy atom. The lowest BCUT2D eigenvalue weighted by molar-refractivity contribution is -0.146. The van der Waals surface area contributed by atoms with Crippen LogP contribution in [0.25, 0.3) is 10.8 Å². The highest BCUT2D eigenvalue weighted by Crippen LogP contribution is 2.27. The van der Waals surface area contributed by atoms with Crippen molar-refractivity contribution in [2.45, 2.75) is 19.3 Å². The second-order valence-corrected chi connectivity index (χ2v) is 4.95. The van der Waals surface area contributed by atoms with Crippen molar-refractivity contribution in [2.75, 3.05) is 13.7 Å². The molecule has 2 aromatic rings. The van der Waals surface area contributed by atoms with E-state index in [1.165, 1.54) is 0 Å². The highest BCUT2D eigenvalue weighted by molar-refractivity contribution is 5.89. The maximum Gasteiger partial charge on any atom is 0.313 e. The summed E-state index contributed by atoms with van der Waals surface area (Å²) in [5.74, 6) is -0.884. The van der Waals surface area contributed by atoms with E-state index < -0.39 is 17.8 Å². The van der Waals surface area contributed by atoms with Crippen LogP contribution in [0.15, 0.2) is 36.4 Å². The van der Waals surface area contributed by atoms with Gasteiger partial charge in [0.15, 0.2) is 0 Å². The van der Waals surface area contributed by atoms with Gasteiger partial charge in [0.25, 0.3) is 0 Å². The first-order valence-corrected chi connectivity index (χ1v) is 7.07. The molecule has 116 valence electrons. The molecule has 0 aliphatic rings. The minimum Gasteiger partial charge on any atom is -0.497 e. The van der Waals surface area contributed by atoms with Gasteiger partial charge in [-0.3, -0.25) is 9.59 Å². The third-order valence-electron chi connectivity index (χ3n) is 3.45. The average molecular weight is 301 g/mol. The maximum atomic E-state index is 12.1. The minimum absolute atomic E-state index is 0.0690. The van der Waals surface area contributed by atoms with Crippen LogP contribution < -0.4 is 10.5 Å². The van der Waals surface area contributed by atoms with E-state index in [4.69, 9.17) is 15.2 Å². The Labute approximate surface area is 129 Å². The molecule has 0 aliphatic heterocycles. The van der Waals surface area contributed by atoms with Gasteiger partial charge in [-0.1, -0.05) is 24.3 Å². The summed E-state index contributed by atoms with van der Waals surface area (Å²) in [6.07, 6.45) is -0.0690. The van der Waals surface area contributed by atoms with Crippen molar-refractivity contribution in [3.05, 3.63) is 42.0 Å². The zero-order chi connectivity index (χ0) is 16.1. The van der Waals surface area contributed by atoms with Crippen LogP contribution in [0.1, 0.15) is 24.8 Å². The van der Waals surface area contributed by atoms with Crippen LogP contribution in [-0.2, 0) is 14.3 Å². The van der Waals surface area contributed by atoms with E-state index in [1.807, 2.05) is 36.4 Å². The molecule has 0 bridgehead atoms. The summed E-state index contributed by atoms with van der Waals surface area (Å²) in [4.78, 5) is 23.3. The lowest BCUT2D eigenvalue weighted by atomic mass is 9.93. The molecule has 5 heteroatoms. The van der Waals surface area contributed by atoms with Crippen molar-refractivity contribution >= 4 is 22.6 Å². The van der Waals surface area contributed by atoms with Crippen LogP contribution in [0, 0.1) is 0 Å². The number of hydrogen-bond acceptors (Lipinski definition) is 4. The predicted molar refractivity (Wildman–Crippen MR) is 83.7 cm³/mol. The van der Waals surface area contributed by atoms with E-state index in [-0.39, 0.29) is 13.0 Å². The van der Waals surface area contributed by atoms with Gasteiger partial charge in [0.2, 0.25) is 5.91 Å². The number of carbonyl (C=O) groups excluding carboxylic acids is 2. The van der Waals surface area contributed by atoms with E-state index in [2.05, 4.69) is 0 Å². The number of carbonyl (C=O) groups is 2. The zero-order valence-corrected chi connectivity index (χ0v) is 12.7. The molecule has 0 heterocycles. The fourth-order valence-electron chi connectivity index (χ4n) is 2.37. The van der Waals surface area contributed by atoms with Gasteiger partial charge in [-0.2, -0.15) is 0 Å². The Kier molecular flexibility index (Phi) is 4.99. The van der Waals surface area contributed by atoms with E-state index >= 15 is 0 Å². The average Bonchev–Trinajstić information content (AvgIpc) is 2.51. The molecule has 1 atom stereocenters. The van der Waals surface area contributed by atoms with Gasteiger partial charge in [-0.25, -0.2) is 0 Å². The maximum absolute atomic E-state index is 12.1. The van der Waals surface area contributed by atoms with Crippen LogP contribution in [0.4, 0.5) is 0 Å². The molecule has 5 nitrogen and oxygen atoms in total. The summed E-state index contributed by atoms with van der Waals surface area (Å²) in [5, 5.41) is 1.95. The van der Waals surface area contributed by atoms with Gasteiger partial charge in [-0.15, -0.1) is 0 Å². The first-order valence-electron chi connectivity index (χ1n) is 7.07. The lowest BCUT2D eigenvalue weighted by Crippen LogP contribution is -2.23. The quantitative estimate of drug-likeness (QED) is 0.831. The molecular formula is C17H19NO4. The number of primary amides is 1. The van der Waals surface area contributed by atoms with Crippen LogP contribution >= 0.6 is 0 Å².